The van der Waals surface area contributed by atoms with Gasteiger partial charge < -0.3 is 12.9 Å². The number of hydrogen-bond donors (Lipinski definition) is 0. The van der Waals surface area contributed by atoms with E-state index in [0.717, 1.165) is 44.2 Å². The average Bonchev–Trinajstić information content (AvgIpc) is 2.94. The quantitative estimate of drug-likeness (QED) is 0.273. The predicted molar refractivity (Wildman–Crippen MR) is 135 cm³/mol. The summed E-state index contributed by atoms with van der Waals surface area (Å²) in [4.78, 5) is 0. The lowest BCUT2D eigenvalue weighted by Gasteiger charge is -2.11. The number of rotatable bonds is 2. The molecule has 0 spiro atoms. The molecule has 5 rings (SSSR count). The van der Waals surface area contributed by atoms with E-state index in [-0.39, 0.29) is 0 Å². The van der Waals surface area contributed by atoms with Crippen molar-refractivity contribution in [3.05, 3.63) is 88.0 Å². The van der Waals surface area contributed by atoms with Crippen LogP contribution in [0.15, 0.2) is 63.0 Å². The van der Waals surface area contributed by atoms with Gasteiger partial charge in [-0.2, -0.15) is 0 Å². The smallest absolute Gasteiger partial charge is 0.391 e. The summed E-state index contributed by atoms with van der Waals surface area (Å²) < 4.78 is 19.3. The van der Waals surface area contributed by atoms with Crippen molar-refractivity contribution in [3.63, 3.8) is 0 Å². The standard InChI is InChI=1S/C28H27O3P/c1-16-13-18(3)27-25(20(16)5)26-21(6)17(2)14-19(4)28(26)31-32(30-27)29-24-12-11-22-9-7-8-10-23(22)15-24/h7-15H,1-6H3. The minimum Gasteiger partial charge on any atom is -0.391 e. The first-order valence-corrected chi connectivity index (χ1v) is 12.0. The van der Waals surface area contributed by atoms with Crippen LogP contribution in [0.25, 0.3) is 32.7 Å². The number of benzene rings is 4. The van der Waals surface area contributed by atoms with Crippen LogP contribution in [0.5, 0.6) is 5.75 Å². The fourth-order valence-corrected chi connectivity index (χ4v) is 5.65. The predicted octanol–water partition coefficient (Wildman–Crippen LogP) is 9.14. The number of fused-ring (bicyclic) bond motifs is 4. The average molecular weight is 442 g/mol. The summed E-state index contributed by atoms with van der Waals surface area (Å²) in [5, 5.41) is 4.54. The molecule has 3 nitrogen and oxygen atoms in total. The van der Waals surface area contributed by atoms with Crippen molar-refractivity contribution in [1.82, 2.24) is 0 Å². The van der Waals surface area contributed by atoms with Crippen LogP contribution in [0, 0.1) is 41.5 Å². The molecule has 32 heavy (non-hydrogen) atoms. The second-order valence-corrected chi connectivity index (χ2v) is 9.68. The first-order chi connectivity index (χ1) is 15.3. The molecule has 1 heterocycles. The Labute approximate surface area is 189 Å². The Kier molecular flexibility index (Phi) is 5.03. The van der Waals surface area contributed by atoms with E-state index in [0.29, 0.717) is 0 Å². The van der Waals surface area contributed by atoms with E-state index < -0.39 is 8.24 Å². The molecule has 0 atom stereocenters. The largest absolute Gasteiger partial charge is 0.453 e. The highest BCUT2D eigenvalue weighted by Gasteiger charge is 2.17. The van der Waals surface area contributed by atoms with Crippen molar-refractivity contribution in [2.45, 2.75) is 41.5 Å². The van der Waals surface area contributed by atoms with Crippen LogP contribution in [-0.2, 0) is 0 Å². The molecule has 0 saturated carbocycles. The molecule has 4 aromatic carbocycles. The van der Waals surface area contributed by atoms with Gasteiger partial charge in [0, 0.05) is 10.8 Å². The molecule has 0 bridgehead atoms. The van der Waals surface area contributed by atoms with Gasteiger partial charge in [-0.05, 0) is 97.8 Å². The van der Waals surface area contributed by atoms with E-state index in [1.165, 1.54) is 27.6 Å². The van der Waals surface area contributed by atoms with E-state index >= 15 is 0 Å². The van der Waals surface area contributed by atoms with E-state index in [2.05, 4.69) is 71.9 Å². The lowest BCUT2D eigenvalue weighted by molar-refractivity contribution is 0.497. The molecule has 0 N–H and O–H groups in total. The summed E-state index contributed by atoms with van der Waals surface area (Å²) in [6.07, 6.45) is 0. The zero-order valence-corrected chi connectivity index (χ0v) is 20.3. The van der Waals surface area contributed by atoms with E-state index in [4.69, 9.17) is 12.9 Å². The molecule has 0 aliphatic rings. The van der Waals surface area contributed by atoms with Crippen molar-refractivity contribution in [1.29, 1.82) is 0 Å². The van der Waals surface area contributed by atoms with E-state index in [1.807, 2.05) is 24.3 Å². The summed E-state index contributed by atoms with van der Waals surface area (Å²) in [6, 6.07) is 18.7. The van der Waals surface area contributed by atoms with Crippen LogP contribution < -0.4 is 4.52 Å². The highest BCUT2D eigenvalue weighted by atomic mass is 31.1. The molecule has 1 aromatic heterocycles. The maximum atomic E-state index is 6.49. The minimum absolute atomic E-state index is 0.739. The summed E-state index contributed by atoms with van der Waals surface area (Å²) in [5.41, 5.74) is 8.81. The monoisotopic (exact) mass is 442 g/mol. The Morgan fingerprint density at radius 3 is 1.69 bits per heavy atom. The third-order valence-electron chi connectivity index (χ3n) is 6.45. The molecule has 0 unspecified atom stereocenters. The van der Waals surface area contributed by atoms with Crippen molar-refractivity contribution < 1.29 is 12.9 Å². The third kappa shape index (κ3) is 3.38. The van der Waals surface area contributed by atoms with Gasteiger partial charge in [0.2, 0.25) is 0 Å². The molecule has 162 valence electrons. The maximum Gasteiger partial charge on any atom is 0.453 e. The fourth-order valence-electron chi connectivity index (χ4n) is 4.48. The Balaban J connectivity index is 1.85. The van der Waals surface area contributed by atoms with Gasteiger partial charge in [0.25, 0.3) is 0 Å². The van der Waals surface area contributed by atoms with Crippen molar-refractivity contribution in [2.24, 2.45) is 0 Å². The zero-order chi connectivity index (χ0) is 22.6. The maximum absolute atomic E-state index is 6.49. The van der Waals surface area contributed by atoms with Gasteiger partial charge in [0.05, 0.1) is 0 Å². The second-order valence-electron chi connectivity index (χ2n) is 8.69. The SMILES string of the molecule is Cc1cc(C)c2op(Oc3ccc4ccccc4c3)oc3c(C)cc(C)c(C)c3c2c1C. The van der Waals surface area contributed by atoms with Gasteiger partial charge >= 0.3 is 8.24 Å². The second kappa shape index (κ2) is 7.76. The van der Waals surface area contributed by atoms with Crippen LogP contribution in [0.3, 0.4) is 0 Å². The van der Waals surface area contributed by atoms with Crippen LogP contribution in [0.2, 0.25) is 0 Å². The van der Waals surface area contributed by atoms with Gasteiger partial charge in [0.1, 0.15) is 16.9 Å². The summed E-state index contributed by atoms with van der Waals surface area (Å²) in [6.45, 7) is 12.8. The number of aryl methyl sites for hydroxylation is 6. The van der Waals surface area contributed by atoms with Gasteiger partial charge in [-0.25, -0.2) is 0 Å². The summed E-state index contributed by atoms with van der Waals surface area (Å²) in [5.74, 6) is 0.739. The first kappa shape index (κ1) is 20.7. The zero-order valence-electron chi connectivity index (χ0n) is 19.4. The molecule has 5 aromatic rings. The third-order valence-corrected chi connectivity index (χ3v) is 7.48. The Hall–Kier alpha value is -3.16. The molecule has 0 fully saturated rings. The van der Waals surface area contributed by atoms with Crippen molar-refractivity contribution in [3.8, 4) is 5.75 Å². The van der Waals surface area contributed by atoms with Gasteiger partial charge in [0.15, 0.2) is 0 Å². The molecular weight excluding hydrogens is 415 g/mol. The Bertz CT molecular complexity index is 1480. The first-order valence-electron chi connectivity index (χ1n) is 10.9. The van der Waals surface area contributed by atoms with Crippen molar-refractivity contribution >= 4 is 41.0 Å². The molecule has 4 heteroatoms. The lowest BCUT2D eigenvalue weighted by atomic mass is 9.94. The Morgan fingerprint density at radius 2 is 1.12 bits per heavy atom. The van der Waals surface area contributed by atoms with Crippen molar-refractivity contribution in [2.75, 3.05) is 0 Å². The molecular formula is C28H27O3P. The highest BCUT2D eigenvalue weighted by Crippen LogP contribution is 2.42. The molecule has 0 radical (unpaired) electrons. The van der Waals surface area contributed by atoms with Gasteiger partial charge in [-0.15, -0.1) is 0 Å². The van der Waals surface area contributed by atoms with E-state index in [1.54, 1.807) is 0 Å². The number of hydrogen-bond acceptors (Lipinski definition) is 3. The van der Waals surface area contributed by atoms with Gasteiger partial charge in [-0.3, -0.25) is 0 Å². The van der Waals surface area contributed by atoms with Crippen LogP contribution >= 0.6 is 8.24 Å². The minimum atomic E-state index is -1.68. The fraction of sp³-hybridized carbons (Fsp3) is 0.214. The molecule has 0 aliphatic carbocycles. The highest BCUT2D eigenvalue weighted by molar-refractivity contribution is 7.32. The molecule has 0 saturated heterocycles. The normalized spacial score (nSPS) is 11.4. The molecule has 0 amide bonds. The van der Waals surface area contributed by atoms with Crippen LogP contribution in [0.1, 0.15) is 33.4 Å². The van der Waals surface area contributed by atoms with Gasteiger partial charge in [-0.1, -0.05) is 42.5 Å². The summed E-state index contributed by atoms with van der Waals surface area (Å²) >= 11 is 0. The van der Waals surface area contributed by atoms with E-state index in [9.17, 15) is 0 Å². The van der Waals surface area contributed by atoms with Crippen LogP contribution in [-0.4, -0.2) is 0 Å². The summed E-state index contributed by atoms with van der Waals surface area (Å²) in [7, 11) is -1.68. The topological polar surface area (TPSA) is 35.5 Å². The molecule has 0 aliphatic heterocycles. The van der Waals surface area contributed by atoms with Crippen LogP contribution in [0.4, 0.5) is 0 Å². The lowest BCUT2D eigenvalue weighted by Crippen LogP contribution is -1.91. The Morgan fingerprint density at radius 1 is 0.594 bits per heavy atom.